The first-order valence-electron chi connectivity index (χ1n) is 6.45. The monoisotopic (exact) mass is 288 g/mol. The molecule has 0 aliphatic heterocycles. The number of anilines is 1. The fourth-order valence-electron chi connectivity index (χ4n) is 1.67. The summed E-state index contributed by atoms with van der Waals surface area (Å²) in [6, 6.07) is 8.84. The topological polar surface area (TPSA) is 77.3 Å². The molecule has 0 unspecified atom stereocenters. The quantitative estimate of drug-likeness (QED) is 0.777. The third kappa shape index (κ3) is 3.07. The van der Waals surface area contributed by atoms with Crippen LogP contribution >= 0.6 is 0 Å². The second kappa shape index (κ2) is 6.17. The third-order valence-electron chi connectivity index (χ3n) is 2.67. The molecule has 0 bridgehead atoms. The van der Waals surface area contributed by atoms with E-state index in [1.807, 2.05) is 6.07 Å². The van der Waals surface area contributed by atoms with Crippen molar-refractivity contribution >= 4 is 11.9 Å². The molecule has 1 heterocycles. The number of carbonyl (C=O) groups is 1. The minimum absolute atomic E-state index is 0.172. The second-order valence-electron chi connectivity index (χ2n) is 4.43. The van der Waals surface area contributed by atoms with Crippen LogP contribution in [0.5, 0.6) is 0 Å². The van der Waals surface area contributed by atoms with Crippen LogP contribution in [0.2, 0.25) is 0 Å². The molecule has 0 aliphatic carbocycles. The van der Waals surface area contributed by atoms with E-state index in [4.69, 9.17) is 4.74 Å². The molecule has 7 nitrogen and oxygen atoms in total. The van der Waals surface area contributed by atoms with Crippen molar-refractivity contribution in [3.05, 3.63) is 46.4 Å². The summed E-state index contributed by atoms with van der Waals surface area (Å²) in [4.78, 5) is 29.9. The lowest BCUT2D eigenvalue weighted by atomic mass is 10.3. The van der Waals surface area contributed by atoms with Crippen LogP contribution in [-0.4, -0.2) is 41.4 Å². The Morgan fingerprint density at radius 1 is 1.29 bits per heavy atom. The number of rotatable bonds is 4. The molecule has 0 fully saturated rings. The summed E-state index contributed by atoms with van der Waals surface area (Å²) in [6.45, 7) is 1.84. The predicted octanol–water partition coefficient (Wildman–Crippen LogP) is 0.870. The van der Waals surface area contributed by atoms with Gasteiger partial charge in [0.05, 0.1) is 12.3 Å². The molecular formula is C14H16N4O3. The fraction of sp³-hybridized carbons (Fsp3) is 0.286. The summed E-state index contributed by atoms with van der Waals surface area (Å²) < 4.78 is 6.02. The van der Waals surface area contributed by atoms with Crippen LogP contribution in [0.3, 0.4) is 0 Å². The van der Waals surface area contributed by atoms with E-state index in [-0.39, 0.29) is 18.2 Å². The molecule has 21 heavy (non-hydrogen) atoms. The van der Waals surface area contributed by atoms with E-state index in [9.17, 15) is 9.59 Å². The highest BCUT2D eigenvalue weighted by Gasteiger charge is 2.20. The SMILES string of the molecule is CCOC(=O)c1nc(N(C)C)nn(-c2ccccc2)c1=O. The molecule has 2 aromatic rings. The van der Waals surface area contributed by atoms with Crippen molar-refractivity contribution in [1.29, 1.82) is 0 Å². The van der Waals surface area contributed by atoms with Gasteiger partial charge < -0.3 is 9.64 Å². The van der Waals surface area contributed by atoms with Gasteiger partial charge in [-0.15, -0.1) is 5.10 Å². The summed E-state index contributed by atoms with van der Waals surface area (Å²) in [6.07, 6.45) is 0. The largest absolute Gasteiger partial charge is 0.461 e. The maximum absolute atomic E-state index is 12.4. The van der Waals surface area contributed by atoms with Gasteiger partial charge in [0, 0.05) is 14.1 Å². The number of nitrogens with zero attached hydrogens (tertiary/aromatic N) is 4. The number of esters is 1. The Morgan fingerprint density at radius 3 is 2.52 bits per heavy atom. The number of ether oxygens (including phenoxy) is 1. The molecule has 0 aliphatic rings. The molecule has 0 amide bonds. The summed E-state index contributed by atoms with van der Waals surface area (Å²) in [5.74, 6) is -0.501. The Kier molecular flexibility index (Phi) is 4.32. The molecule has 0 radical (unpaired) electrons. The van der Waals surface area contributed by atoms with Crippen molar-refractivity contribution in [2.75, 3.05) is 25.6 Å². The molecule has 1 aromatic carbocycles. The number of para-hydroxylation sites is 1. The zero-order chi connectivity index (χ0) is 15.4. The van der Waals surface area contributed by atoms with Crippen molar-refractivity contribution in [3.8, 4) is 5.69 Å². The summed E-state index contributed by atoms with van der Waals surface area (Å²) >= 11 is 0. The number of benzene rings is 1. The maximum atomic E-state index is 12.4. The van der Waals surface area contributed by atoms with Crippen LogP contribution in [0.15, 0.2) is 35.1 Å². The van der Waals surface area contributed by atoms with Crippen molar-refractivity contribution in [2.24, 2.45) is 0 Å². The lowest BCUT2D eigenvalue weighted by molar-refractivity contribution is 0.0516. The maximum Gasteiger partial charge on any atom is 0.362 e. The number of carbonyl (C=O) groups excluding carboxylic acids is 1. The molecule has 2 rings (SSSR count). The first-order valence-corrected chi connectivity index (χ1v) is 6.45. The summed E-state index contributed by atoms with van der Waals surface area (Å²) in [7, 11) is 3.45. The average Bonchev–Trinajstić information content (AvgIpc) is 2.48. The van der Waals surface area contributed by atoms with Crippen LogP contribution < -0.4 is 10.5 Å². The molecule has 0 spiro atoms. The van der Waals surface area contributed by atoms with Crippen LogP contribution in [0.25, 0.3) is 5.69 Å². The Hall–Kier alpha value is -2.70. The van der Waals surface area contributed by atoms with Gasteiger partial charge >= 0.3 is 11.5 Å². The van der Waals surface area contributed by atoms with Crippen LogP contribution in [0.1, 0.15) is 17.4 Å². The van der Waals surface area contributed by atoms with E-state index in [0.29, 0.717) is 5.69 Å². The highest BCUT2D eigenvalue weighted by Crippen LogP contribution is 2.07. The Balaban J connectivity index is 2.65. The predicted molar refractivity (Wildman–Crippen MR) is 77.9 cm³/mol. The number of aromatic nitrogens is 3. The highest BCUT2D eigenvalue weighted by atomic mass is 16.5. The van der Waals surface area contributed by atoms with Crippen molar-refractivity contribution in [3.63, 3.8) is 0 Å². The van der Waals surface area contributed by atoms with Gasteiger partial charge in [-0.05, 0) is 19.1 Å². The molecule has 0 saturated heterocycles. The summed E-state index contributed by atoms with van der Waals surface area (Å²) in [5.41, 5.74) is -0.330. The second-order valence-corrected chi connectivity index (χ2v) is 4.43. The van der Waals surface area contributed by atoms with E-state index < -0.39 is 11.5 Å². The Bertz CT molecular complexity index is 695. The first kappa shape index (κ1) is 14.7. The zero-order valence-electron chi connectivity index (χ0n) is 12.1. The van der Waals surface area contributed by atoms with Crippen LogP contribution in [0.4, 0.5) is 5.95 Å². The fourth-order valence-corrected chi connectivity index (χ4v) is 1.67. The van der Waals surface area contributed by atoms with Crippen molar-refractivity contribution in [1.82, 2.24) is 14.8 Å². The van der Waals surface area contributed by atoms with E-state index in [0.717, 1.165) is 4.68 Å². The van der Waals surface area contributed by atoms with Crippen LogP contribution in [0, 0.1) is 0 Å². The Labute approximate surface area is 121 Å². The van der Waals surface area contributed by atoms with Gasteiger partial charge in [-0.2, -0.15) is 9.67 Å². The standard InChI is InChI=1S/C14H16N4O3/c1-4-21-13(20)11-12(19)18(10-8-6-5-7-9-10)16-14(15-11)17(2)3/h5-9H,4H2,1-3H3. The Morgan fingerprint density at radius 2 is 1.95 bits per heavy atom. The minimum atomic E-state index is -0.752. The number of hydrogen-bond acceptors (Lipinski definition) is 6. The lowest BCUT2D eigenvalue weighted by Gasteiger charge is -2.13. The molecule has 0 saturated carbocycles. The van der Waals surface area contributed by atoms with Gasteiger partial charge in [0.1, 0.15) is 0 Å². The van der Waals surface area contributed by atoms with Crippen LogP contribution in [-0.2, 0) is 4.74 Å². The minimum Gasteiger partial charge on any atom is -0.461 e. The highest BCUT2D eigenvalue weighted by molar-refractivity contribution is 5.87. The molecule has 1 aromatic heterocycles. The van der Waals surface area contributed by atoms with Crippen molar-refractivity contribution < 1.29 is 9.53 Å². The van der Waals surface area contributed by atoms with Gasteiger partial charge in [0.15, 0.2) is 0 Å². The van der Waals surface area contributed by atoms with Crippen molar-refractivity contribution in [2.45, 2.75) is 6.92 Å². The van der Waals surface area contributed by atoms with E-state index in [1.165, 1.54) is 0 Å². The van der Waals surface area contributed by atoms with Gasteiger partial charge in [-0.3, -0.25) is 4.79 Å². The third-order valence-corrected chi connectivity index (χ3v) is 2.67. The zero-order valence-corrected chi connectivity index (χ0v) is 12.1. The van der Waals surface area contributed by atoms with Gasteiger partial charge in [-0.25, -0.2) is 4.79 Å². The van der Waals surface area contributed by atoms with E-state index >= 15 is 0 Å². The molecule has 0 N–H and O–H groups in total. The van der Waals surface area contributed by atoms with Gasteiger partial charge in [-0.1, -0.05) is 18.2 Å². The van der Waals surface area contributed by atoms with E-state index in [2.05, 4.69) is 10.1 Å². The molecule has 0 atom stereocenters. The average molecular weight is 288 g/mol. The first-order chi connectivity index (χ1) is 10.0. The number of hydrogen-bond donors (Lipinski definition) is 0. The van der Waals surface area contributed by atoms with Gasteiger partial charge in [0.2, 0.25) is 11.6 Å². The van der Waals surface area contributed by atoms with Gasteiger partial charge in [0.25, 0.3) is 0 Å². The molecule has 7 heteroatoms. The normalized spacial score (nSPS) is 10.2. The van der Waals surface area contributed by atoms with E-state index in [1.54, 1.807) is 50.2 Å². The lowest BCUT2D eigenvalue weighted by Crippen LogP contribution is -2.32. The molecule has 110 valence electrons. The molecular weight excluding hydrogens is 272 g/mol. The summed E-state index contributed by atoms with van der Waals surface area (Å²) in [5, 5.41) is 4.16. The smallest absolute Gasteiger partial charge is 0.362 e.